The Morgan fingerprint density at radius 1 is 1.12 bits per heavy atom. The summed E-state index contributed by atoms with van der Waals surface area (Å²) in [5, 5.41) is 5.53. The van der Waals surface area contributed by atoms with Crippen molar-refractivity contribution in [3.05, 3.63) is 62.6 Å². The fourth-order valence-corrected chi connectivity index (χ4v) is 5.86. The van der Waals surface area contributed by atoms with Gasteiger partial charge in [-0.3, -0.25) is 9.36 Å². The second-order valence-corrected chi connectivity index (χ2v) is 9.61. The van der Waals surface area contributed by atoms with Gasteiger partial charge < -0.3 is 4.90 Å². The predicted molar refractivity (Wildman–Crippen MR) is 126 cm³/mol. The van der Waals surface area contributed by atoms with Crippen LogP contribution in [0.15, 0.2) is 35.1 Å². The zero-order valence-corrected chi connectivity index (χ0v) is 19.3. The van der Waals surface area contributed by atoms with Crippen molar-refractivity contribution in [1.29, 1.82) is 0 Å². The lowest BCUT2D eigenvalue weighted by atomic mass is 10.1. The van der Waals surface area contributed by atoms with Gasteiger partial charge >= 0.3 is 5.69 Å². The van der Waals surface area contributed by atoms with Crippen LogP contribution in [0.3, 0.4) is 0 Å². The molecule has 1 fully saturated rings. The molecule has 3 aromatic heterocycles. The average Bonchev–Trinajstić information content (AvgIpc) is 3.38. The van der Waals surface area contributed by atoms with Gasteiger partial charge in [-0.2, -0.15) is 4.52 Å². The number of aromatic nitrogens is 4. The number of benzene rings is 1. The van der Waals surface area contributed by atoms with Crippen molar-refractivity contribution >= 4 is 33.1 Å². The molecule has 1 saturated heterocycles. The Balaban J connectivity index is 1.65. The first kappa shape index (κ1) is 20.9. The van der Waals surface area contributed by atoms with E-state index in [9.17, 15) is 9.59 Å². The molecule has 0 radical (unpaired) electrons. The largest absolute Gasteiger partial charge is 0.352 e. The van der Waals surface area contributed by atoms with Crippen LogP contribution >= 0.6 is 11.3 Å². The summed E-state index contributed by atoms with van der Waals surface area (Å²) in [6.45, 7) is 5.77. The number of hydrogen-bond acceptors (Lipinski definition) is 5. The number of likely N-dealkylation sites (tertiary alicyclic amines) is 1. The molecular formula is C24H27N5O2S. The third kappa shape index (κ3) is 3.62. The summed E-state index contributed by atoms with van der Waals surface area (Å²) in [7, 11) is 0. The Labute approximate surface area is 190 Å². The van der Waals surface area contributed by atoms with E-state index in [1.807, 2.05) is 35.2 Å². The van der Waals surface area contributed by atoms with E-state index in [1.54, 1.807) is 15.9 Å². The number of carbonyl (C=O) groups is 1. The zero-order chi connectivity index (χ0) is 22.2. The van der Waals surface area contributed by atoms with E-state index >= 15 is 0 Å². The van der Waals surface area contributed by atoms with Crippen LogP contribution in [0.5, 0.6) is 0 Å². The number of hydrogen-bond donors (Lipinski definition) is 0. The molecule has 0 unspecified atom stereocenters. The highest BCUT2D eigenvalue weighted by molar-refractivity contribution is 7.19. The monoisotopic (exact) mass is 449 g/mol. The van der Waals surface area contributed by atoms with Crippen LogP contribution < -0.4 is 5.69 Å². The van der Waals surface area contributed by atoms with E-state index in [1.165, 1.54) is 10.1 Å². The highest BCUT2D eigenvalue weighted by Gasteiger charge is 2.24. The molecule has 1 aromatic carbocycles. The third-order valence-corrected chi connectivity index (χ3v) is 7.45. The summed E-state index contributed by atoms with van der Waals surface area (Å²) in [6.07, 6.45) is 4.60. The Morgan fingerprint density at radius 3 is 2.59 bits per heavy atom. The first-order valence-electron chi connectivity index (χ1n) is 11.3. The summed E-state index contributed by atoms with van der Waals surface area (Å²) in [5.41, 5.74) is 2.57. The molecule has 0 aliphatic carbocycles. The Kier molecular flexibility index (Phi) is 5.55. The van der Waals surface area contributed by atoms with Crippen molar-refractivity contribution in [2.24, 2.45) is 0 Å². The van der Waals surface area contributed by atoms with Gasteiger partial charge in [-0.1, -0.05) is 37.3 Å². The van der Waals surface area contributed by atoms with Gasteiger partial charge in [-0.25, -0.2) is 9.78 Å². The third-order valence-electron chi connectivity index (χ3n) is 6.28. The van der Waals surface area contributed by atoms with Gasteiger partial charge in [-0.05, 0) is 43.7 Å². The summed E-state index contributed by atoms with van der Waals surface area (Å²) in [4.78, 5) is 35.2. The molecule has 0 saturated carbocycles. The fraction of sp³-hybridized carbons (Fsp3) is 0.417. The van der Waals surface area contributed by atoms with E-state index in [-0.39, 0.29) is 18.1 Å². The molecular weight excluding hydrogens is 422 g/mol. The molecule has 8 heteroatoms. The highest BCUT2D eigenvalue weighted by atomic mass is 32.1. The van der Waals surface area contributed by atoms with Gasteiger partial charge in [0.05, 0.1) is 5.39 Å². The van der Waals surface area contributed by atoms with Crippen LogP contribution in [-0.4, -0.2) is 43.1 Å². The van der Waals surface area contributed by atoms with Crippen LogP contribution in [0, 0.1) is 6.92 Å². The summed E-state index contributed by atoms with van der Waals surface area (Å²) in [6, 6.07) is 10.0. The van der Waals surface area contributed by atoms with E-state index in [2.05, 4.69) is 18.9 Å². The fourth-order valence-electron chi connectivity index (χ4n) is 4.63. The minimum Gasteiger partial charge on any atom is -0.341 e. The number of thiophene rings is 1. The van der Waals surface area contributed by atoms with E-state index < -0.39 is 0 Å². The molecule has 0 N–H and O–H groups in total. The van der Waals surface area contributed by atoms with E-state index in [0.717, 1.165) is 59.4 Å². The van der Waals surface area contributed by atoms with Crippen LogP contribution in [-0.2, 0) is 24.2 Å². The molecule has 4 heterocycles. The second-order valence-electron chi connectivity index (χ2n) is 8.41. The quantitative estimate of drug-likeness (QED) is 0.467. The molecule has 4 aromatic rings. The standard InChI is InChI=1S/C24H27N5O2S/c1-3-18-16(2)32-23-21(18)22-25-19(14-17-10-6-4-7-11-17)26-29(22)24(31)28(23)15-20(30)27-12-8-5-9-13-27/h4,6-7,10-11H,3,5,8-9,12-15H2,1-2H3. The molecule has 0 atom stereocenters. The van der Waals surface area contributed by atoms with Crippen molar-refractivity contribution in [3.63, 3.8) is 0 Å². The molecule has 7 nitrogen and oxygen atoms in total. The zero-order valence-electron chi connectivity index (χ0n) is 18.5. The molecule has 1 aliphatic heterocycles. The summed E-state index contributed by atoms with van der Waals surface area (Å²) < 4.78 is 3.01. The van der Waals surface area contributed by atoms with Crippen LogP contribution in [0.4, 0.5) is 0 Å². The number of nitrogens with zero attached hydrogens (tertiary/aromatic N) is 5. The molecule has 5 rings (SSSR count). The maximum absolute atomic E-state index is 13.5. The van der Waals surface area contributed by atoms with Crippen molar-refractivity contribution in [2.45, 2.75) is 52.5 Å². The maximum atomic E-state index is 13.5. The van der Waals surface area contributed by atoms with E-state index in [0.29, 0.717) is 17.9 Å². The minimum absolute atomic E-state index is 0.00109. The Hall–Kier alpha value is -3.00. The van der Waals surface area contributed by atoms with Crippen LogP contribution in [0.2, 0.25) is 0 Å². The number of piperidine rings is 1. The van der Waals surface area contributed by atoms with Crippen molar-refractivity contribution in [3.8, 4) is 0 Å². The second kappa shape index (κ2) is 8.50. The molecule has 32 heavy (non-hydrogen) atoms. The van der Waals surface area contributed by atoms with Gasteiger partial charge in [0.15, 0.2) is 11.5 Å². The van der Waals surface area contributed by atoms with Gasteiger partial charge in [0.2, 0.25) is 5.91 Å². The normalized spacial score (nSPS) is 14.5. The topological polar surface area (TPSA) is 72.5 Å². The number of carbonyl (C=O) groups excluding carboxylic acids is 1. The van der Waals surface area contributed by atoms with Gasteiger partial charge in [-0.15, -0.1) is 16.4 Å². The van der Waals surface area contributed by atoms with Crippen LogP contribution in [0.1, 0.15) is 48.0 Å². The first-order valence-corrected chi connectivity index (χ1v) is 12.1. The molecule has 1 aliphatic rings. The molecule has 0 spiro atoms. The number of rotatable bonds is 5. The average molecular weight is 450 g/mol. The van der Waals surface area contributed by atoms with Crippen molar-refractivity contribution < 1.29 is 4.79 Å². The lowest BCUT2D eigenvalue weighted by Crippen LogP contribution is -2.40. The van der Waals surface area contributed by atoms with E-state index in [4.69, 9.17) is 4.98 Å². The Bertz CT molecular complexity index is 1350. The Morgan fingerprint density at radius 2 is 1.88 bits per heavy atom. The number of fused-ring (bicyclic) bond motifs is 3. The van der Waals surface area contributed by atoms with Crippen LogP contribution in [0.25, 0.3) is 15.9 Å². The smallest absolute Gasteiger partial charge is 0.341 e. The van der Waals surface area contributed by atoms with Crippen molar-refractivity contribution in [2.75, 3.05) is 13.1 Å². The summed E-state index contributed by atoms with van der Waals surface area (Å²) >= 11 is 1.57. The first-order chi connectivity index (χ1) is 15.6. The SMILES string of the molecule is CCc1c(C)sc2c1c1nc(Cc3ccccc3)nn1c(=O)n2CC(=O)N1CCCCC1. The molecule has 166 valence electrons. The highest BCUT2D eigenvalue weighted by Crippen LogP contribution is 2.33. The minimum atomic E-state index is -0.298. The lowest BCUT2D eigenvalue weighted by Gasteiger charge is -2.27. The van der Waals surface area contributed by atoms with Gasteiger partial charge in [0.25, 0.3) is 0 Å². The molecule has 0 bridgehead atoms. The van der Waals surface area contributed by atoms with Crippen molar-refractivity contribution in [1.82, 2.24) is 24.1 Å². The van der Waals surface area contributed by atoms with Gasteiger partial charge in [0.1, 0.15) is 11.4 Å². The summed E-state index contributed by atoms with van der Waals surface area (Å²) in [5.74, 6) is 0.613. The maximum Gasteiger partial charge on any atom is 0.352 e. The lowest BCUT2D eigenvalue weighted by molar-refractivity contribution is -0.132. The molecule has 1 amide bonds. The predicted octanol–water partition coefficient (Wildman–Crippen LogP) is 3.58. The van der Waals surface area contributed by atoms with Gasteiger partial charge in [0, 0.05) is 24.4 Å². The number of aryl methyl sites for hydroxylation is 2. The number of amides is 1.